The lowest BCUT2D eigenvalue weighted by Gasteiger charge is -2.24. The second-order valence-corrected chi connectivity index (χ2v) is 5.96. The van der Waals surface area contributed by atoms with E-state index >= 15 is 0 Å². The van der Waals surface area contributed by atoms with E-state index in [0.717, 1.165) is 42.9 Å². The molecule has 2 rings (SSSR count). The van der Waals surface area contributed by atoms with Gasteiger partial charge in [-0.1, -0.05) is 6.92 Å². The summed E-state index contributed by atoms with van der Waals surface area (Å²) in [4.78, 5) is 18.5. The molecule has 0 unspecified atom stereocenters. The van der Waals surface area contributed by atoms with Crippen molar-refractivity contribution in [1.29, 1.82) is 0 Å². The summed E-state index contributed by atoms with van der Waals surface area (Å²) >= 11 is 1.69. The molecule has 1 aromatic heterocycles. The number of methoxy groups -OCH3 is 1. The summed E-state index contributed by atoms with van der Waals surface area (Å²) in [6, 6.07) is 0.251. The van der Waals surface area contributed by atoms with Gasteiger partial charge in [0.1, 0.15) is 0 Å². The Hall–Kier alpha value is -1.14. The van der Waals surface area contributed by atoms with E-state index < -0.39 is 0 Å². The molecule has 1 fully saturated rings. The summed E-state index contributed by atoms with van der Waals surface area (Å²) in [5.41, 5.74) is 1.07. The van der Waals surface area contributed by atoms with Gasteiger partial charge in [-0.15, -0.1) is 11.3 Å². The van der Waals surface area contributed by atoms with E-state index in [4.69, 9.17) is 4.74 Å². The van der Waals surface area contributed by atoms with Crippen molar-refractivity contribution < 1.29 is 9.53 Å². The third kappa shape index (κ3) is 3.93. The number of nitrogens with zero attached hydrogens (tertiary/aromatic N) is 2. The highest BCUT2D eigenvalue weighted by atomic mass is 32.1. The van der Waals surface area contributed by atoms with Gasteiger partial charge in [0.2, 0.25) is 0 Å². The predicted molar refractivity (Wildman–Crippen MR) is 80.2 cm³/mol. The number of ether oxygens (including phenoxy) is 1. The Morgan fingerprint density at radius 2 is 2.50 bits per heavy atom. The monoisotopic (exact) mass is 297 g/mol. The number of hydrogen-bond acceptors (Lipinski definition) is 4. The number of hydrogen-bond donors (Lipinski definition) is 1. The Morgan fingerprint density at radius 1 is 1.65 bits per heavy atom. The van der Waals surface area contributed by atoms with Crippen molar-refractivity contribution in [3.05, 3.63) is 16.1 Å². The van der Waals surface area contributed by atoms with Gasteiger partial charge in [-0.2, -0.15) is 0 Å². The molecular weight excluding hydrogens is 274 g/mol. The number of carbonyl (C=O) groups excluding carboxylic acids is 1. The van der Waals surface area contributed by atoms with Crippen LogP contribution in [-0.4, -0.2) is 48.8 Å². The van der Waals surface area contributed by atoms with Gasteiger partial charge in [0, 0.05) is 32.0 Å². The van der Waals surface area contributed by atoms with Gasteiger partial charge in [-0.05, 0) is 19.3 Å². The Morgan fingerprint density at radius 3 is 3.20 bits per heavy atom. The topological polar surface area (TPSA) is 54.5 Å². The molecule has 1 atom stereocenters. The summed E-state index contributed by atoms with van der Waals surface area (Å²) in [6.45, 7) is 4.20. The third-order valence-electron chi connectivity index (χ3n) is 3.56. The lowest BCUT2D eigenvalue weighted by Crippen LogP contribution is -2.45. The van der Waals surface area contributed by atoms with Crippen molar-refractivity contribution in [3.63, 3.8) is 0 Å². The van der Waals surface area contributed by atoms with Gasteiger partial charge in [-0.3, -0.25) is 0 Å². The van der Waals surface area contributed by atoms with Crippen LogP contribution >= 0.6 is 11.3 Å². The van der Waals surface area contributed by atoms with Crippen molar-refractivity contribution in [2.24, 2.45) is 0 Å². The van der Waals surface area contributed by atoms with Crippen molar-refractivity contribution >= 4 is 17.4 Å². The molecule has 1 saturated heterocycles. The molecular formula is C14H23N3O2S. The third-order valence-corrected chi connectivity index (χ3v) is 4.60. The van der Waals surface area contributed by atoms with Crippen LogP contribution in [0.5, 0.6) is 0 Å². The predicted octanol–water partition coefficient (Wildman–Crippen LogP) is 2.07. The van der Waals surface area contributed by atoms with E-state index in [-0.39, 0.29) is 12.1 Å². The van der Waals surface area contributed by atoms with Crippen LogP contribution in [0.25, 0.3) is 0 Å². The fourth-order valence-electron chi connectivity index (χ4n) is 2.49. The SMILES string of the molecule is CCc1nc(CCNC(=O)N2CCC[C@H]2COC)cs1. The van der Waals surface area contributed by atoms with E-state index in [9.17, 15) is 4.79 Å². The van der Waals surface area contributed by atoms with Gasteiger partial charge < -0.3 is 15.0 Å². The first kappa shape index (κ1) is 15.3. The molecule has 2 amide bonds. The van der Waals surface area contributed by atoms with Gasteiger partial charge in [0.15, 0.2) is 0 Å². The fourth-order valence-corrected chi connectivity index (χ4v) is 3.27. The number of nitrogens with one attached hydrogen (secondary N) is 1. The number of likely N-dealkylation sites (tertiary alicyclic amines) is 1. The molecule has 6 heteroatoms. The van der Waals surface area contributed by atoms with Crippen molar-refractivity contribution in [1.82, 2.24) is 15.2 Å². The zero-order valence-corrected chi connectivity index (χ0v) is 13.0. The maximum atomic E-state index is 12.1. The molecule has 112 valence electrons. The van der Waals surface area contributed by atoms with Gasteiger partial charge in [-0.25, -0.2) is 9.78 Å². The zero-order chi connectivity index (χ0) is 14.4. The molecule has 20 heavy (non-hydrogen) atoms. The first-order valence-corrected chi connectivity index (χ1v) is 8.09. The molecule has 0 radical (unpaired) electrons. The molecule has 1 aliphatic rings. The van der Waals surface area contributed by atoms with E-state index in [1.165, 1.54) is 0 Å². The largest absolute Gasteiger partial charge is 0.383 e. The Bertz CT molecular complexity index is 436. The van der Waals surface area contributed by atoms with Gasteiger partial charge in [0.05, 0.1) is 23.4 Å². The normalized spacial score (nSPS) is 18.5. The minimum Gasteiger partial charge on any atom is -0.383 e. The number of amides is 2. The summed E-state index contributed by atoms with van der Waals surface area (Å²) in [6.07, 6.45) is 3.87. The van der Waals surface area contributed by atoms with Crippen molar-refractivity contribution in [3.8, 4) is 0 Å². The number of aromatic nitrogens is 1. The minimum atomic E-state index is 0.0236. The highest BCUT2D eigenvalue weighted by Gasteiger charge is 2.28. The first-order chi connectivity index (χ1) is 9.74. The Balaban J connectivity index is 1.74. The molecule has 0 bridgehead atoms. The summed E-state index contributed by atoms with van der Waals surface area (Å²) in [5, 5.41) is 6.22. The van der Waals surface area contributed by atoms with Gasteiger partial charge >= 0.3 is 6.03 Å². The first-order valence-electron chi connectivity index (χ1n) is 7.21. The maximum Gasteiger partial charge on any atom is 0.317 e. The maximum absolute atomic E-state index is 12.1. The molecule has 2 heterocycles. The molecule has 0 saturated carbocycles. The molecule has 1 N–H and O–H groups in total. The number of thiazole rings is 1. The summed E-state index contributed by atoms with van der Waals surface area (Å²) in [5.74, 6) is 0. The minimum absolute atomic E-state index is 0.0236. The molecule has 1 aromatic rings. The molecule has 0 aliphatic carbocycles. The lowest BCUT2D eigenvalue weighted by molar-refractivity contribution is 0.123. The molecule has 1 aliphatic heterocycles. The average Bonchev–Trinajstić information content (AvgIpc) is 3.08. The van der Waals surface area contributed by atoms with Crippen LogP contribution in [0.15, 0.2) is 5.38 Å². The quantitative estimate of drug-likeness (QED) is 0.874. The number of rotatable bonds is 6. The van der Waals surface area contributed by atoms with Crippen LogP contribution in [0, 0.1) is 0 Å². The number of aryl methyl sites for hydroxylation is 1. The molecule has 0 spiro atoms. The summed E-state index contributed by atoms with van der Waals surface area (Å²) in [7, 11) is 1.68. The van der Waals surface area contributed by atoms with Crippen molar-refractivity contribution in [2.75, 3.05) is 26.8 Å². The Kier molecular flexibility index (Phi) is 5.79. The molecule has 5 nitrogen and oxygen atoms in total. The van der Waals surface area contributed by atoms with Crippen LogP contribution < -0.4 is 5.32 Å². The molecule has 0 aromatic carbocycles. The zero-order valence-electron chi connectivity index (χ0n) is 12.2. The second kappa shape index (κ2) is 7.59. The fraction of sp³-hybridized carbons (Fsp3) is 0.714. The highest BCUT2D eigenvalue weighted by Crippen LogP contribution is 2.17. The number of carbonyl (C=O) groups is 1. The van der Waals surface area contributed by atoms with Crippen molar-refractivity contribution in [2.45, 2.75) is 38.6 Å². The lowest BCUT2D eigenvalue weighted by atomic mass is 10.2. The van der Waals surface area contributed by atoms with Crippen LogP contribution in [0.3, 0.4) is 0 Å². The van der Waals surface area contributed by atoms with Crippen LogP contribution in [0.2, 0.25) is 0 Å². The Labute approximate surface area is 124 Å². The average molecular weight is 297 g/mol. The highest BCUT2D eigenvalue weighted by molar-refractivity contribution is 7.09. The van der Waals surface area contributed by atoms with Crippen LogP contribution in [0.4, 0.5) is 4.79 Å². The second-order valence-electron chi connectivity index (χ2n) is 5.01. The van der Waals surface area contributed by atoms with E-state index in [0.29, 0.717) is 13.2 Å². The van der Waals surface area contributed by atoms with Crippen LogP contribution in [0.1, 0.15) is 30.5 Å². The van der Waals surface area contributed by atoms with E-state index in [1.807, 2.05) is 4.90 Å². The smallest absolute Gasteiger partial charge is 0.317 e. The van der Waals surface area contributed by atoms with Gasteiger partial charge in [0.25, 0.3) is 0 Å². The summed E-state index contributed by atoms with van der Waals surface area (Å²) < 4.78 is 5.16. The number of urea groups is 1. The van der Waals surface area contributed by atoms with E-state index in [2.05, 4.69) is 22.6 Å². The van der Waals surface area contributed by atoms with E-state index in [1.54, 1.807) is 18.4 Å². The standard InChI is InChI=1S/C14H23N3O2S/c1-3-13-16-11(10-20-13)6-7-15-14(18)17-8-4-5-12(17)9-19-2/h10,12H,3-9H2,1-2H3,(H,15,18)/t12-/m0/s1. The van der Waals surface area contributed by atoms with Crippen LogP contribution in [-0.2, 0) is 17.6 Å².